The van der Waals surface area contributed by atoms with Gasteiger partial charge in [0.15, 0.2) is 0 Å². The van der Waals surface area contributed by atoms with Gasteiger partial charge >= 0.3 is 6.18 Å². The molecule has 0 fully saturated rings. The van der Waals surface area contributed by atoms with Crippen LogP contribution in [0, 0.1) is 0 Å². The van der Waals surface area contributed by atoms with Crippen molar-refractivity contribution in [1.82, 2.24) is 10.9 Å². The van der Waals surface area contributed by atoms with Gasteiger partial charge in [0.1, 0.15) is 6.54 Å². The first-order valence-corrected chi connectivity index (χ1v) is 2.02. The molecule has 5 heteroatoms. The van der Waals surface area contributed by atoms with Crippen LogP contribution in [0.3, 0.4) is 0 Å². The van der Waals surface area contributed by atoms with Crippen molar-refractivity contribution in [3.05, 3.63) is 0 Å². The summed E-state index contributed by atoms with van der Waals surface area (Å²) >= 11 is 0. The third kappa shape index (κ3) is 5.71. The van der Waals surface area contributed by atoms with Crippen molar-refractivity contribution in [2.45, 2.75) is 6.18 Å². The largest absolute Gasteiger partial charge is 0.402 e. The van der Waals surface area contributed by atoms with Gasteiger partial charge in [0.25, 0.3) is 0 Å². The van der Waals surface area contributed by atoms with Gasteiger partial charge in [0.05, 0.1) is 0 Å². The number of hydrogen-bond acceptors (Lipinski definition) is 2. The second-order valence-corrected chi connectivity index (χ2v) is 1.22. The molecule has 0 saturated carbocycles. The Labute approximate surface area is 45.0 Å². The molecule has 2 nitrogen and oxygen atoms in total. The summed E-state index contributed by atoms with van der Waals surface area (Å²) in [5, 5.41) is 0. The fourth-order valence-electron chi connectivity index (χ4n) is 0.189. The average Bonchev–Trinajstić information content (AvgIpc) is 1.59. The first-order chi connectivity index (χ1) is 3.56. The molecule has 0 aromatic carbocycles. The zero-order valence-corrected chi connectivity index (χ0v) is 4.34. The topological polar surface area (TPSA) is 24.1 Å². The molecular formula is C3H7F3N2. The lowest BCUT2D eigenvalue weighted by Gasteiger charge is -2.04. The van der Waals surface area contributed by atoms with E-state index in [4.69, 9.17) is 0 Å². The molecular weight excluding hydrogens is 121 g/mol. The Morgan fingerprint density at radius 2 is 1.88 bits per heavy atom. The van der Waals surface area contributed by atoms with Gasteiger partial charge in [-0.15, -0.1) is 0 Å². The van der Waals surface area contributed by atoms with Crippen LogP contribution in [0.5, 0.6) is 0 Å². The van der Waals surface area contributed by atoms with Crippen molar-refractivity contribution in [1.29, 1.82) is 0 Å². The Bertz CT molecular complexity index is 60.0. The molecule has 8 heavy (non-hydrogen) atoms. The van der Waals surface area contributed by atoms with E-state index < -0.39 is 12.7 Å². The SMILES string of the molecule is CNNCC(F)(F)F. The molecule has 0 aliphatic heterocycles. The fraction of sp³-hybridized carbons (Fsp3) is 1.00. The Kier molecular flexibility index (Phi) is 2.78. The number of rotatable bonds is 2. The molecule has 0 radical (unpaired) electrons. The van der Waals surface area contributed by atoms with E-state index in [2.05, 4.69) is 5.43 Å². The minimum absolute atomic E-state index is 0.997. The van der Waals surface area contributed by atoms with Crippen LogP contribution < -0.4 is 10.9 Å². The smallest absolute Gasteiger partial charge is 0.261 e. The number of hydrogen-bond donors (Lipinski definition) is 2. The molecule has 0 aliphatic rings. The van der Waals surface area contributed by atoms with Gasteiger partial charge in [-0.2, -0.15) is 13.2 Å². The van der Waals surface area contributed by atoms with Crippen LogP contribution in [0.1, 0.15) is 0 Å². The molecule has 0 bridgehead atoms. The fourth-order valence-corrected chi connectivity index (χ4v) is 0.189. The number of nitrogens with one attached hydrogen (secondary N) is 2. The van der Waals surface area contributed by atoms with E-state index in [0.717, 1.165) is 0 Å². The van der Waals surface area contributed by atoms with Gasteiger partial charge in [-0.3, -0.25) is 5.43 Å². The third-order valence-corrected chi connectivity index (χ3v) is 0.466. The highest BCUT2D eigenvalue weighted by molar-refractivity contribution is 4.49. The second-order valence-electron chi connectivity index (χ2n) is 1.22. The maximum atomic E-state index is 11.1. The van der Waals surface area contributed by atoms with Gasteiger partial charge in [-0.05, 0) is 7.05 Å². The maximum Gasteiger partial charge on any atom is 0.402 e. The molecule has 2 N–H and O–H groups in total. The number of halogens is 3. The number of alkyl halides is 3. The summed E-state index contributed by atoms with van der Waals surface area (Å²) in [6.07, 6.45) is -4.12. The summed E-state index contributed by atoms with van der Waals surface area (Å²) in [7, 11) is 1.38. The molecule has 0 atom stereocenters. The van der Waals surface area contributed by atoms with Crippen LogP contribution in [0.25, 0.3) is 0 Å². The van der Waals surface area contributed by atoms with Gasteiger partial charge < -0.3 is 0 Å². The molecule has 0 amide bonds. The number of hydrazine groups is 1. The van der Waals surface area contributed by atoms with Crippen LogP contribution in [-0.4, -0.2) is 19.8 Å². The highest BCUT2D eigenvalue weighted by Gasteiger charge is 2.25. The van der Waals surface area contributed by atoms with Crippen LogP contribution in [0.4, 0.5) is 13.2 Å². The van der Waals surface area contributed by atoms with Crippen molar-refractivity contribution in [2.75, 3.05) is 13.6 Å². The van der Waals surface area contributed by atoms with Crippen molar-refractivity contribution in [3.8, 4) is 0 Å². The quantitative estimate of drug-likeness (QED) is 0.522. The van der Waals surface area contributed by atoms with Gasteiger partial charge in [0.2, 0.25) is 0 Å². The zero-order chi connectivity index (χ0) is 6.62. The lowest BCUT2D eigenvalue weighted by Crippen LogP contribution is -2.36. The van der Waals surface area contributed by atoms with Crippen molar-refractivity contribution in [3.63, 3.8) is 0 Å². The second kappa shape index (κ2) is 2.88. The molecule has 0 heterocycles. The molecule has 0 unspecified atom stereocenters. The van der Waals surface area contributed by atoms with Crippen molar-refractivity contribution >= 4 is 0 Å². The summed E-state index contributed by atoms with van der Waals surface area (Å²) in [6.45, 7) is -0.997. The van der Waals surface area contributed by atoms with E-state index in [1.54, 1.807) is 0 Å². The first kappa shape index (κ1) is 7.71. The van der Waals surface area contributed by atoms with Crippen molar-refractivity contribution < 1.29 is 13.2 Å². The predicted molar refractivity (Wildman–Crippen MR) is 23.1 cm³/mol. The Morgan fingerprint density at radius 1 is 1.38 bits per heavy atom. The van der Waals surface area contributed by atoms with Gasteiger partial charge in [-0.1, -0.05) is 0 Å². The highest BCUT2D eigenvalue weighted by atomic mass is 19.4. The Morgan fingerprint density at radius 3 is 2.00 bits per heavy atom. The van der Waals surface area contributed by atoms with Crippen LogP contribution >= 0.6 is 0 Å². The summed E-state index contributed by atoms with van der Waals surface area (Å²) in [6, 6.07) is 0. The lowest BCUT2D eigenvalue weighted by molar-refractivity contribution is -0.126. The van der Waals surface area contributed by atoms with E-state index in [1.807, 2.05) is 5.43 Å². The summed E-state index contributed by atoms with van der Waals surface area (Å²) in [5.74, 6) is 0. The minimum Gasteiger partial charge on any atom is -0.261 e. The average molecular weight is 128 g/mol. The van der Waals surface area contributed by atoms with E-state index >= 15 is 0 Å². The zero-order valence-electron chi connectivity index (χ0n) is 4.34. The van der Waals surface area contributed by atoms with Crippen LogP contribution in [0.15, 0.2) is 0 Å². The maximum absolute atomic E-state index is 11.1. The monoisotopic (exact) mass is 128 g/mol. The van der Waals surface area contributed by atoms with E-state index in [1.165, 1.54) is 7.05 Å². The molecule has 50 valence electrons. The molecule has 0 spiro atoms. The lowest BCUT2D eigenvalue weighted by atomic mass is 10.7. The predicted octanol–water partition coefficient (Wildman–Crippen LogP) is 0.273. The summed E-state index contributed by atoms with van der Waals surface area (Å²) < 4.78 is 33.4. The van der Waals surface area contributed by atoms with E-state index in [-0.39, 0.29) is 0 Å². The molecule has 0 aliphatic carbocycles. The van der Waals surface area contributed by atoms with Gasteiger partial charge in [0, 0.05) is 0 Å². The Balaban J connectivity index is 3.11. The van der Waals surface area contributed by atoms with Crippen LogP contribution in [-0.2, 0) is 0 Å². The van der Waals surface area contributed by atoms with Crippen LogP contribution in [0.2, 0.25) is 0 Å². The third-order valence-electron chi connectivity index (χ3n) is 0.466. The standard InChI is InChI=1S/C3H7F3N2/c1-7-8-2-3(4,5)6/h7-8H,2H2,1H3. The van der Waals surface area contributed by atoms with E-state index in [0.29, 0.717) is 0 Å². The summed E-state index contributed by atoms with van der Waals surface area (Å²) in [5.41, 5.74) is 4.07. The molecule has 0 aromatic heterocycles. The summed E-state index contributed by atoms with van der Waals surface area (Å²) in [4.78, 5) is 0. The molecule has 0 rings (SSSR count). The first-order valence-electron chi connectivity index (χ1n) is 2.02. The highest BCUT2D eigenvalue weighted by Crippen LogP contribution is 2.11. The van der Waals surface area contributed by atoms with Gasteiger partial charge in [-0.25, -0.2) is 5.43 Å². The van der Waals surface area contributed by atoms with Crippen molar-refractivity contribution in [2.24, 2.45) is 0 Å². The molecule has 0 saturated heterocycles. The molecule has 0 aromatic rings. The normalized spacial score (nSPS) is 12.0. The minimum atomic E-state index is -4.12. The Hall–Kier alpha value is -0.290. The van der Waals surface area contributed by atoms with E-state index in [9.17, 15) is 13.2 Å².